The van der Waals surface area contributed by atoms with Crippen molar-refractivity contribution < 1.29 is 9.53 Å². The van der Waals surface area contributed by atoms with Crippen LogP contribution < -0.4 is 10.1 Å². The molecule has 4 heteroatoms. The fourth-order valence-electron chi connectivity index (χ4n) is 2.44. The predicted octanol–water partition coefficient (Wildman–Crippen LogP) is 1.93. The summed E-state index contributed by atoms with van der Waals surface area (Å²) >= 11 is 0. The first-order valence-electron chi connectivity index (χ1n) is 6.12. The summed E-state index contributed by atoms with van der Waals surface area (Å²) < 4.78 is 5.54. The first kappa shape index (κ1) is 10.4. The van der Waals surface area contributed by atoms with E-state index in [1.54, 1.807) is 0 Å². The van der Waals surface area contributed by atoms with Crippen LogP contribution in [0.25, 0.3) is 0 Å². The molecule has 0 spiro atoms. The molecule has 1 fully saturated rings. The molecule has 0 aliphatic carbocycles. The van der Waals surface area contributed by atoms with Crippen molar-refractivity contribution in [3.63, 3.8) is 0 Å². The van der Waals surface area contributed by atoms with Crippen molar-refractivity contribution in [3.8, 4) is 5.75 Å². The van der Waals surface area contributed by atoms with Gasteiger partial charge in [0.2, 0.25) is 0 Å². The van der Waals surface area contributed by atoms with E-state index >= 15 is 0 Å². The Kier molecular flexibility index (Phi) is 2.63. The average molecular weight is 232 g/mol. The SMILES string of the molecule is O=C(NC1COc2ccccc21)N1CCCC1. The molecule has 90 valence electrons. The Morgan fingerprint density at radius 1 is 1.29 bits per heavy atom. The number of likely N-dealkylation sites (tertiary alicyclic amines) is 1. The van der Waals surface area contributed by atoms with E-state index in [1.165, 1.54) is 0 Å². The molecule has 1 aromatic carbocycles. The van der Waals surface area contributed by atoms with Gasteiger partial charge in [-0.15, -0.1) is 0 Å². The van der Waals surface area contributed by atoms with Gasteiger partial charge in [-0.25, -0.2) is 4.79 Å². The molecular weight excluding hydrogens is 216 g/mol. The topological polar surface area (TPSA) is 41.6 Å². The lowest BCUT2D eigenvalue weighted by atomic mass is 10.1. The number of carbonyl (C=O) groups is 1. The lowest BCUT2D eigenvalue weighted by molar-refractivity contribution is 0.200. The number of benzene rings is 1. The van der Waals surface area contributed by atoms with Gasteiger partial charge in [0.15, 0.2) is 0 Å². The van der Waals surface area contributed by atoms with Crippen molar-refractivity contribution in [2.45, 2.75) is 18.9 Å². The lowest BCUT2D eigenvalue weighted by Gasteiger charge is -2.19. The number of hydrogen-bond acceptors (Lipinski definition) is 2. The van der Waals surface area contributed by atoms with Gasteiger partial charge in [0.25, 0.3) is 0 Å². The van der Waals surface area contributed by atoms with Crippen LogP contribution in [0, 0.1) is 0 Å². The quantitative estimate of drug-likeness (QED) is 0.803. The van der Waals surface area contributed by atoms with Crippen molar-refractivity contribution in [2.24, 2.45) is 0 Å². The number of ether oxygens (including phenoxy) is 1. The highest BCUT2D eigenvalue weighted by Crippen LogP contribution is 2.31. The summed E-state index contributed by atoms with van der Waals surface area (Å²) in [6, 6.07) is 7.91. The Morgan fingerprint density at radius 2 is 2.06 bits per heavy atom. The van der Waals surface area contributed by atoms with Crippen LogP contribution in [-0.4, -0.2) is 30.6 Å². The highest BCUT2D eigenvalue weighted by Gasteiger charge is 2.27. The monoisotopic (exact) mass is 232 g/mol. The van der Waals surface area contributed by atoms with Gasteiger partial charge in [0, 0.05) is 18.7 Å². The Morgan fingerprint density at radius 3 is 2.88 bits per heavy atom. The molecule has 2 heterocycles. The summed E-state index contributed by atoms with van der Waals surface area (Å²) in [6.07, 6.45) is 2.23. The number of nitrogens with zero attached hydrogens (tertiary/aromatic N) is 1. The number of nitrogens with one attached hydrogen (secondary N) is 1. The van der Waals surface area contributed by atoms with Gasteiger partial charge in [-0.05, 0) is 18.9 Å². The maximum Gasteiger partial charge on any atom is 0.318 e. The molecule has 0 aromatic heterocycles. The number of amides is 2. The minimum absolute atomic E-state index is 0.000648. The fourth-order valence-corrected chi connectivity index (χ4v) is 2.44. The van der Waals surface area contributed by atoms with Gasteiger partial charge in [0.05, 0.1) is 6.04 Å². The normalized spacial score (nSPS) is 22.1. The highest BCUT2D eigenvalue weighted by atomic mass is 16.5. The molecule has 3 rings (SSSR count). The zero-order valence-electron chi connectivity index (χ0n) is 9.69. The number of rotatable bonds is 1. The largest absolute Gasteiger partial charge is 0.491 e. The van der Waals surface area contributed by atoms with Crippen LogP contribution in [0.2, 0.25) is 0 Å². The first-order chi connectivity index (χ1) is 8.34. The molecule has 1 N–H and O–H groups in total. The van der Waals surface area contributed by atoms with E-state index in [1.807, 2.05) is 29.2 Å². The second-order valence-electron chi connectivity index (χ2n) is 4.55. The lowest BCUT2D eigenvalue weighted by Crippen LogP contribution is -2.40. The van der Waals surface area contributed by atoms with Crippen LogP contribution in [0.4, 0.5) is 4.79 Å². The summed E-state index contributed by atoms with van der Waals surface area (Å²) in [4.78, 5) is 13.8. The third kappa shape index (κ3) is 1.95. The summed E-state index contributed by atoms with van der Waals surface area (Å²) in [6.45, 7) is 2.29. The van der Waals surface area contributed by atoms with Crippen LogP contribution >= 0.6 is 0 Å². The molecule has 1 atom stereocenters. The van der Waals surface area contributed by atoms with Crippen LogP contribution in [0.1, 0.15) is 24.4 Å². The maximum absolute atomic E-state index is 12.0. The summed E-state index contributed by atoms with van der Waals surface area (Å²) in [7, 11) is 0. The van der Waals surface area contributed by atoms with Gasteiger partial charge in [-0.1, -0.05) is 18.2 Å². The number of hydrogen-bond donors (Lipinski definition) is 1. The standard InChI is InChI=1S/C13H16N2O2/c16-13(15-7-3-4-8-15)14-11-9-17-12-6-2-1-5-10(11)12/h1-2,5-6,11H,3-4,7-9H2,(H,14,16). The third-order valence-corrected chi connectivity index (χ3v) is 3.39. The maximum atomic E-state index is 12.0. The molecule has 1 unspecified atom stereocenters. The molecule has 2 aliphatic heterocycles. The minimum atomic E-state index is -0.000648. The first-order valence-corrected chi connectivity index (χ1v) is 6.12. The van der Waals surface area contributed by atoms with Gasteiger partial charge in [-0.3, -0.25) is 0 Å². The minimum Gasteiger partial charge on any atom is -0.491 e. The van der Waals surface area contributed by atoms with Crippen LogP contribution in [0.3, 0.4) is 0 Å². The van der Waals surface area contributed by atoms with E-state index in [9.17, 15) is 4.79 Å². The molecule has 1 aromatic rings. The number of urea groups is 1. The van der Waals surface area contributed by atoms with Crippen LogP contribution in [-0.2, 0) is 0 Å². The summed E-state index contributed by atoms with van der Waals surface area (Å²) in [5.41, 5.74) is 1.08. The van der Waals surface area contributed by atoms with E-state index < -0.39 is 0 Å². The number of carbonyl (C=O) groups excluding carboxylic acids is 1. The van der Waals surface area contributed by atoms with E-state index in [0.29, 0.717) is 6.61 Å². The van der Waals surface area contributed by atoms with Gasteiger partial charge in [-0.2, -0.15) is 0 Å². The van der Waals surface area contributed by atoms with E-state index in [-0.39, 0.29) is 12.1 Å². The van der Waals surface area contributed by atoms with E-state index in [2.05, 4.69) is 5.32 Å². The molecule has 0 bridgehead atoms. The average Bonchev–Trinajstić information content (AvgIpc) is 2.98. The van der Waals surface area contributed by atoms with Crippen molar-refractivity contribution in [1.82, 2.24) is 10.2 Å². The van der Waals surface area contributed by atoms with Gasteiger partial charge < -0.3 is 15.0 Å². The molecular formula is C13H16N2O2. The molecule has 2 amide bonds. The van der Waals surface area contributed by atoms with Crippen molar-refractivity contribution in [2.75, 3.05) is 19.7 Å². The zero-order valence-corrected chi connectivity index (χ0v) is 9.69. The summed E-state index contributed by atoms with van der Waals surface area (Å²) in [5, 5.41) is 3.04. The Hall–Kier alpha value is -1.71. The van der Waals surface area contributed by atoms with Gasteiger partial charge in [0.1, 0.15) is 12.4 Å². The predicted molar refractivity (Wildman–Crippen MR) is 64.0 cm³/mol. The molecule has 0 saturated carbocycles. The van der Waals surface area contributed by atoms with Crippen LogP contribution in [0.15, 0.2) is 24.3 Å². The molecule has 1 saturated heterocycles. The second kappa shape index (κ2) is 4.28. The van der Waals surface area contributed by atoms with E-state index in [4.69, 9.17) is 4.74 Å². The Bertz CT molecular complexity index is 427. The molecule has 4 nitrogen and oxygen atoms in total. The Labute approximate surface area is 101 Å². The highest BCUT2D eigenvalue weighted by molar-refractivity contribution is 5.75. The molecule has 2 aliphatic rings. The van der Waals surface area contributed by atoms with Gasteiger partial charge >= 0.3 is 6.03 Å². The fraction of sp³-hybridized carbons (Fsp3) is 0.462. The van der Waals surface area contributed by atoms with E-state index in [0.717, 1.165) is 37.2 Å². The second-order valence-corrected chi connectivity index (χ2v) is 4.55. The Balaban J connectivity index is 1.68. The third-order valence-electron chi connectivity index (χ3n) is 3.39. The van der Waals surface area contributed by atoms with Crippen LogP contribution in [0.5, 0.6) is 5.75 Å². The number of para-hydroxylation sites is 1. The summed E-state index contributed by atoms with van der Waals surface area (Å²) in [5.74, 6) is 0.888. The number of fused-ring (bicyclic) bond motifs is 1. The zero-order chi connectivity index (χ0) is 11.7. The van der Waals surface area contributed by atoms with Crippen molar-refractivity contribution in [3.05, 3.63) is 29.8 Å². The molecule has 17 heavy (non-hydrogen) atoms. The smallest absolute Gasteiger partial charge is 0.318 e. The van der Waals surface area contributed by atoms with Crippen molar-refractivity contribution >= 4 is 6.03 Å². The molecule has 0 radical (unpaired) electrons. The van der Waals surface area contributed by atoms with Crippen molar-refractivity contribution in [1.29, 1.82) is 0 Å².